The van der Waals surface area contributed by atoms with E-state index in [-0.39, 0.29) is 17.5 Å². The summed E-state index contributed by atoms with van der Waals surface area (Å²) < 4.78 is 5.41. The molecule has 88 valence electrons. The topological polar surface area (TPSA) is 39.2 Å². The SMILES string of the molecule is CC(C)(C)OC(=O)C1CCc2ncsc2C1. The number of aryl methyl sites for hydroxylation is 1. The molecule has 0 saturated carbocycles. The van der Waals surface area contributed by atoms with E-state index < -0.39 is 0 Å². The Balaban J connectivity index is 2.01. The quantitative estimate of drug-likeness (QED) is 0.707. The molecule has 0 radical (unpaired) electrons. The molecule has 0 saturated heterocycles. The third kappa shape index (κ3) is 2.61. The highest BCUT2D eigenvalue weighted by atomic mass is 32.1. The second-order valence-corrected chi connectivity index (χ2v) is 6.13. The number of carbonyl (C=O) groups excluding carboxylic acids is 1. The lowest BCUT2D eigenvalue weighted by atomic mass is 9.91. The minimum atomic E-state index is -0.384. The first kappa shape index (κ1) is 11.6. The average Bonchev–Trinajstić information content (AvgIpc) is 2.61. The number of hydrogen-bond acceptors (Lipinski definition) is 4. The van der Waals surface area contributed by atoms with E-state index in [1.165, 1.54) is 10.6 Å². The van der Waals surface area contributed by atoms with Crippen LogP contribution in [0.4, 0.5) is 0 Å². The molecule has 0 fully saturated rings. The van der Waals surface area contributed by atoms with E-state index in [4.69, 9.17) is 4.74 Å². The van der Waals surface area contributed by atoms with E-state index in [1.807, 2.05) is 26.3 Å². The van der Waals surface area contributed by atoms with Crippen LogP contribution in [0.15, 0.2) is 5.51 Å². The highest BCUT2D eigenvalue weighted by molar-refractivity contribution is 7.09. The predicted octanol–water partition coefficient (Wildman–Crippen LogP) is 2.59. The smallest absolute Gasteiger partial charge is 0.309 e. The second kappa shape index (κ2) is 4.17. The number of aromatic nitrogens is 1. The van der Waals surface area contributed by atoms with E-state index in [0.29, 0.717) is 0 Å². The third-order valence-electron chi connectivity index (χ3n) is 2.63. The van der Waals surface area contributed by atoms with Crippen LogP contribution in [0.3, 0.4) is 0 Å². The second-order valence-electron chi connectivity index (χ2n) is 5.20. The van der Waals surface area contributed by atoms with Gasteiger partial charge in [-0.2, -0.15) is 0 Å². The Morgan fingerprint density at radius 1 is 1.56 bits per heavy atom. The van der Waals surface area contributed by atoms with Gasteiger partial charge in [0.15, 0.2) is 0 Å². The molecule has 0 amide bonds. The van der Waals surface area contributed by atoms with Gasteiger partial charge in [0, 0.05) is 4.88 Å². The van der Waals surface area contributed by atoms with Gasteiger partial charge in [-0.05, 0) is 40.0 Å². The van der Waals surface area contributed by atoms with Crippen LogP contribution in [0.2, 0.25) is 0 Å². The molecule has 0 spiro atoms. The van der Waals surface area contributed by atoms with Gasteiger partial charge in [0.25, 0.3) is 0 Å². The Labute approximate surface area is 99.8 Å². The van der Waals surface area contributed by atoms with Gasteiger partial charge in [0.05, 0.1) is 17.1 Å². The van der Waals surface area contributed by atoms with Gasteiger partial charge >= 0.3 is 5.97 Å². The van der Waals surface area contributed by atoms with Gasteiger partial charge in [-0.1, -0.05) is 0 Å². The summed E-state index contributed by atoms with van der Waals surface area (Å²) in [5.41, 5.74) is 2.65. The normalized spacial score (nSPS) is 20.3. The van der Waals surface area contributed by atoms with Crippen molar-refractivity contribution >= 4 is 17.3 Å². The van der Waals surface area contributed by atoms with Crippen molar-refractivity contribution in [1.82, 2.24) is 4.98 Å². The lowest BCUT2D eigenvalue weighted by Crippen LogP contribution is -2.31. The van der Waals surface area contributed by atoms with Gasteiger partial charge in [0.1, 0.15) is 5.60 Å². The van der Waals surface area contributed by atoms with Crippen LogP contribution in [0.25, 0.3) is 0 Å². The fourth-order valence-corrected chi connectivity index (χ4v) is 2.78. The van der Waals surface area contributed by atoms with Crippen molar-refractivity contribution in [2.45, 2.75) is 45.6 Å². The molecule has 1 unspecified atom stereocenters. The maximum absolute atomic E-state index is 11.9. The maximum Gasteiger partial charge on any atom is 0.309 e. The molecular weight excluding hydrogens is 222 g/mol. The van der Waals surface area contributed by atoms with Crippen molar-refractivity contribution in [1.29, 1.82) is 0 Å². The molecule has 1 atom stereocenters. The van der Waals surface area contributed by atoms with Crippen molar-refractivity contribution in [2.75, 3.05) is 0 Å². The Kier molecular flexibility index (Phi) is 3.02. The molecule has 3 nitrogen and oxygen atoms in total. The Bertz CT molecular complexity index is 392. The van der Waals surface area contributed by atoms with Crippen LogP contribution in [0, 0.1) is 5.92 Å². The van der Waals surface area contributed by atoms with Crippen LogP contribution in [-0.4, -0.2) is 16.6 Å². The summed E-state index contributed by atoms with van der Waals surface area (Å²) in [4.78, 5) is 17.5. The van der Waals surface area contributed by atoms with Crippen molar-refractivity contribution in [3.63, 3.8) is 0 Å². The van der Waals surface area contributed by atoms with Crippen molar-refractivity contribution in [3.8, 4) is 0 Å². The van der Waals surface area contributed by atoms with Gasteiger partial charge in [-0.3, -0.25) is 4.79 Å². The van der Waals surface area contributed by atoms with Crippen molar-refractivity contribution in [2.24, 2.45) is 5.92 Å². The summed E-state index contributed by atoms with van der Waals surface area (Å²) in [5, 5.41) is 0. The molecule has 1 heterocycles. The lowest BCUT2D eigenvalue weighted by molar-refractivity contribution is -0.160. The summed E-state index contributed by atoms with van der Waals surface area (Å²) in [6.45, 7) is 5.73. The monoisotopic (exact) mass is 239 g/mol. The zero-order valence-electron chi connectivity index (χ0n) is 9.95. The number of esters is 1. The molecule has 0 bridgehead atoms. The van der Waals surface area contributed by atoms with Crippen LogP contribution in [0.5, 0.6) is 0 Å². The van der Waals surface area contributed by atoms with Crippen molar-refractivity contribution < 1.29 is 9.53 Å². The lowest BCUT2D eigenvalue weighted by Gasteiger charge is -2.25. The van der Waals surface area contributed by atoms with Crippen LogP contribution in [-0.2, 0) is 22.4 Å². The molecule has 16 heavy (non-hydrogen) atoms. The summed E-state index contributed by atoms with van der Waals surface area (Å²) in [5.74, 6) is -0.0428. The van der Waals surface area contributed by atoms with E-state index in [0.717, 1.165) is 19.3 Å². The minimum Gasteiger partial charge on any atom is -0.460 e. The number of thiazole rings is 1. The van der Waals surface area contributed by atoms with Gasteiger partial charge in [-0.25, -0.2) is 4.98 Å². The molecule has 0 aromatic carbocycles. The van der Waals surface area contributed by atoms with E-state index in [1.54, 1.807) is 11.3 Å². The number of nitrogens with zero attached hydrogens (tertiary/aromatic N) is 1. The first-order valence-electron chi connectivity index (χ1n) is 5.60. The molecule has 1 aromatic heterocycles. The first-order chi connectivity index (χ1) is 7.46. The molecule has 4 heteroatoms. The van der Waals surface area contributed by atoms with E-state index >= 15 is 0 Å². The third-order valence-corrected chi connectivity index (χ3v) is 3.52. The molecule has 1 aliphatic rings. The zero-order chi connectivity index (χ0) is 11.8. The largest absolute Gasteiger partial charge is 0.460 e. The highest BCUT2D eigenvalue weighted by Gasteiger charge is 2.29. The number of rotatable bonds is 1. The van der Waals surface area contributed by atoms with Gasteiger partial charge in [-0.15, -0.1) is 11.3 Å². The maximum atomic E-state index is 11.9. The predicted molar refractivity (Wildman–Crippen MR) is 63.5 cm³/mol. The van der Waals surface area contributed by atoms with Crippen LogP contribution in [0.1, 0.15) is 37.8 Å². The Hall–Kier alpha value is -0.900. The molecule has 1 aromatic rings. The van der Waals surface area contributed by atoms with Gasteiger partial charge < -0.3 is 4.74 Å². The van der Waals surface area contributed by atoms with Crippen LogP contribution >= 0.6 is 11.3 Å². The highest BCUT2D eigenvalue weighted by Crippen LogP contribution is 2.29. The van der Waals surface area contributed by atoms with E-state index in [9.17, 15) is 4.79 Å². The van der Waals surface area contributed by atoms with E-state index in [2.05, 4.69) is 4.98 Å². The zero-order valence-corrected chi connectivity index (χ0v) is 10.8. The van der Waals surface area contributed by atoms with Crippen molar-refractivity contribution in [3.05, 3.63) is 16.1 Å². The average molecular weight is 239 g/mol. The van der Waals surface area contributed by atoms with Crippen LogP contribution < -0.4 is 0 Å². The molecular formula is C12H17NO2S. The summed E-state index contributed by atoms with van der Waals surface area (Å²) in [6, 6.07) is 0. The Morgan fingerprint density at radius 2 is 2.31 bits per heavy atom. The Morgan fingerprint density at radius 3 is 3.00 bits per heavy atom. The fourth-order valence-electron chi connectivity index (χ4n) is 1.89. The first-order valence-corrected chi connectivity index (χ1v) is 6.48. The summed E-state index contributed by atoms with van der Waals surface area (Å²) >= 11 is 1.65. The number of ether oxygens (including phenoxy) is 1. The summed E-state index contributed by atoms with van der Waals surface area (Å²) in [7, 11) is 0. The summed E-state index contributed by atoms with van der Waals surface area (Å²) in [6.07, 6.45) is 2.57. The van der Waals surface area contributed by atoms with Gasteiger partial charge in [0.2, 0.25) is 0 Å². The molecule has 0 aliphatic heterocycles. The number of fused-ring (bicyclic) bond motifs is 1. The standard InChI is InChI=1S/C12H17NO2S/c1-12(2,3)15-11(14)8-4-5-9-10(6-8)16-7-13-9/h7-8H,4-6H2,1-3H3. The fraction of sp³-hybridized carbons (Fsp3) is 0.667. The number of carbonyl (C=O) groups is 1. The number of hydrogen-bond donors (Lipinski definition) is 0. The molecule has 1 aliphatic carbocycles. The minimum absolute atomic E-state index is 0.0205. The molecule has 0 N–H and O–H groups in total. The molecule has 2 rings (SSSR count).